The second-order valence-corrected chi connectivity index (χ2v) is 3.50. The number of aromatic nitrogens is 2. The van der Waals surface area contributed by atoms with Crippen LogP contribution in [0.1, 0.15) is 5.69 Å². The molecule has 4 nitrogen and oxygen atoms in total. The number of ether oxygens (including phenoxy) is 1. The molecule has 10 heteroatoms. The number of rotatable bonds is 3. The summed E-state index contributed by atoms with van der Waals surface area (Å²) in [5.41, 5.74) is 0.164. The van der Waals surface area contributed by atoms with Crippen LogP contribution in [0.3, 0.4) is 0 Å². The van der Waals surface area contributed by atoms with Crippen LogP contribution in [0.15, 0.2) is 6.07 Å². The molecule has 1 rings (SSSR count). The third-order valence-electron chi connectivity index (χ3n) is 1.89. The number of aryl methyl sites for hydroxylation is 1. The van der Waals surface area contributed by atoms with Crippen molar-refractivity contribution >= 4 is 5.95 Å². The third-order valence-corrected chi connectivity index (χ3v) is 1.89. The summed E-state index contributed by atoms with van der Waals surface area (Å²) in [6.07, 6.45) is -15.1. The lowest BCUT2D eigenvalue weighted by Gasteiger charge is -2.23. The highest BCUT2D eigenvalue weighted by Crippen LogP contribution is 2.36. The van der Waals surface area contributed by atoms with Crippen LogP contribution >= 0.6 is 0 Å². The van der Waals surface area contributed by atoms with Crippen LogP contribution in [0.2, 0.25) is 0 Å². The van der Waals surface area contributed by atoms with E-state index in [-0.39, 0.29) is 11.6 Å². The molecule has 0 spiro atoms. The highest BCUT2D eigenvalue weighted by Gasteiger charge is 2.59. The number of nitrogens with one attached hydrogen (secondary N) is 1. The second-order valence-electron chi connectivity index (χ2n) is 3.50. The monoisotopic (exact) mass is 289 g/mol. The molecule has 1 aromatic rings. The minimum Gasteiger partial charge on any atom is -0.455 e. The van der Waals surface area contributed by atoms with Crippen LogP contribution < -0.4 is 10.1 Å². The molecule has 1 heterocycles. The van der Waals surface area contributed by atoms with E-state index >= 15 is 0 Å². The first-order valence-corrected chi connectivity index (χ1v) is 4.87. The lowest BCUT2D eigenvalue weighted by molar-refractivity contribution is -0.300. The van der Waals surface area contributed by atoms with E-state index in [4.69, 9.17) is 0 Å². The van der Waals surface area contributed by atoms with E-state index in [1.54, 1.807) is 0 Å². The molecule has 0 amide bonds. The molecule has 0 aliphatic heterocycles. The van der Waals surface area contributed by atoms with E-state index in [1.807, 2.05) is 0 Å². The number of halogens is 6. The first-order valence-electron chi connectivity index (χ1n) is 4.87. The fourth-order valence-electron chi connectivity index (χ4n) is 1.15. The summed E-state index contributed by atoms with van der Waals surface area (Å²) in [5.74, 6) is -0.949. The largest absolute Gasteiger partial charge is 0.455 e. The molecule has 108 valence electrons. The van der Waals surface area contributed by atoms with Gasteiger partial charge in [-0.25, -0.2) is 4.98 Å². The van der Waals surface area contributed by atoms with Gasteiger partial charge in [0.15, 0.2) is 0 Å². The third kappa shape index (κ3) is 4.14. The molecule has 0 unspecified atom stereocenters. The minimum atomic E-state index is -5.59. The Labute approximate surface area is 103 Å². The standard InChI is InChI=1S/C9H9F6N3O/c1-4-3-5(18-7(16-2)17-4)19-6(8(10,11)12)9(13,14)15/h3,6H,1-2H3,(H,16,17,18). The Morgan fingerprint density at radius 3 is 2.05 bits per heavy atom. The second kappa shape index (κ2) is 5.10. The molecule has 0 atom stereocenters. The van der Waals surface area contributed by atoms with Gasteiger partial charge in [0.1, 0.15) is 0 Å². The van der Waals surface area contributed by atoms with Crippen LogP contribution in [0.4, 0.5) is 32.3 Å². The molecule has 0 saturated heterocycles. The van der Waals surface area contributed by atoms with Crippen molar-refractivity contribution in [3.63, 3.8) is 0 Å². The van der Waals surface area contributed by atoms with Crippen LogP contribution in [-0.2, 0) is 0 Å². The lowest BCUT2D eigenvalue weighted by atomic mass is 10.3. The van der Waals surface area contributed by atoms with Gasteiger partial charge < -0.3 is 10.1 Å². The predicted octanol–water partition coefficient (Wildman–Crippen LogP) is 2.70. The zero-order valence-corrected chi connectivity index (χ0v) is 9.73. The van der Waals surface area contributed by atoms with E-state index in [2.05, 4.69) is 20.0 Å². The molecule has 1 aromatic heterocycles. The fourth-order valence-corrected chi connectivity index (χ4v) is 1.15. The molecule has 1 N–H and O–H groups in total. The molecule has 0 radical (unpaired) electrons. The molecule has 19 heavy (non-hydrogen) atoms. The topological polar surface area (TPSA) is 47.0 Å². The summed E-state index contributed by atoms with van der Waals surface area (Å²) >= 11 is 0. The highest BCUT2D eigenvalue weighted by molar-refractivity contribution is 5.29. The van der Waals surface area contributed by atoms with E-state index in [0.717, 1.165) is 6.07 Å². The SMILES string of the molecule is CNc1nc(C)cc(OC(C(F)(F)F)C(F)(F)F)n1. The summed E-state index contributed by atoms with van der Waals surface area (Å²) in [6.45, 7) is 1.38. The van der Waals surface area contributed by atoms with Gasteiger partial charge >= 0.3 is 12.4 Å². The summed E-state index contributed by atoms with van der Waals surface area (Å²) in [4.78, 5) is 7.09. The zero-order valence-electron chi connectivity index (χ0n) is 9.73. The van der Waals surface area contributed by atoms with Crippen molar-refractivity contribution in [2.24, 2.45) is 0 Å². The Kier molecular flexibility index (Phi) is 4.11. The van der Waals surface area contributed by atoms with Crippen LogP contribution in [0.5, 0.6) is 5.88 Å². The Bertz CT molecular complexity index is 431. The normalized spacial score (nSPS) is 12.7. The van der Waals surface area contributed by atoms with Gasteiger partial charge in [-0.1, -0.05) is 0 Å². The van der Waals surface area contributed by atoms with Crippen molar-refractivity contribution in [2.45, 2.75) is 25.4 Å². The smallest absolute Gasteiger partial charge is 0.434 e. The number of alkyl halides is 6. The number of nitrogens with zero attached hydrogens (tertiary/aromatic N) is 2. The maximum absolute atomic E-state index is 12.3. The highest BCUT2D eigenvalue weighted by atomic mass is 19.4. The van der Waals surface area contributed by atoms with E-state index in [9.17, 15) is 26.3 Å². The molecule has 0 aliphatic carbocycles. The average Bonchev–Trinajstić information content (AvgIpc) is 2.22. The molecule has 0 saturated carbocycles. The van der Waals surface area contributed by atoms with Crippen molar-refractivity contribution in [1.29, 1.82) is 0 Å². The van der Waals surface area contributed by atoms with Gasteiger partial charge in [-0.2, -0.15) is 31.3 Å². The Balaban J connectivity index is 3.07. The summed E-state index contributed by atoms with van der Waals surface area (Å²) in [5, 5.41) is 2.39. The van der Waals surface area contributed by atoms with E-state index in [0.29, 0.717) is 0 Å². The van der Waals surface area contributed by atoms with Gasteiger partial charge in [0.05, 0.1) is 0 Å². The Morgan fingerprint density at radius 1 is 1.11 bits per heavy atom. The van der Waals surface area contributed by atoms with Gasteiger partial charge in [0.25, 0.3) is 6.10 Å². The average molecular weight is 289 g/mol. The predicted molar refractivity (Wildman–Crippen MR) is 52.8 cm³/mol. The first kappa shape index (κ1) is 15.3. The maximum Gasteiger partial charge on any atom is 0.434 e. The molecular weight excluding hydrogens is 280 g/mol. The van der Waals surface area contributed by atoms with Gasteiger partial charge in [-0.3, -0.25) is 0 Å². The number of hydrogen-bond acceptors (Lipinski definition) is 4. The number of hydrogen-bond donors (Lipinski definition) is 1. The molecule has 0 aliphatic rings. The number of anilines is 1. The fraction of sp³-hybridized carbons (Fsp3) is 0.556. The van der Waals surface area contributed by atoms with Crippen LogP contribution in [0, 0.1) is 6.92 Å². The van der Waals surface area contributed by atoms with Gasteiger partial charge in [-0.05, 0) is 6.92 Å². The van der Waals surface area contributed by atoms with Gasteiger partial charge in [0, 0.05) is 18.8 Å². The van der Waals surface area contributed by atoms with E-state index in [1.165, 1.54) is 14.0 Å². The van der Waals surface area contributed by atoms with Crippen LogP contribution in [0.25, 0.3) is 0 Å². The summed E-state index contributed by atoms with van der Waals surface area (Å²) in [6, 6.07) is 0.880. The molecule has 0 aromatic carbocycles. The van der Waals surface area contributed by atoms with E-state index < -0.39 is 24.3 Å². The van der Waals surface area contributed by atoms with Crippen LogP contribution in [-0.4, -0.2) is 35.5 Å². The zero-order chi connectivity index (χ0) is 14.8. The quantitative estimate of drug-likeness (QED) is 0.869. The molecule has 0 bridgehead atoms. The van der Waals surface area contributed by atoms with Crippen molar-refractivity contribution in [3.05, 3.63) is 11.8 Å². The van der Waals surface area contributed by atoms with Crippen molar-refractivity contribution in [3.8, 4) is 5.88 Å². The summed E-state index contributed by atoms with van der Waals surface area (Å²) in [7, 11) is 1.36. The Hall–Kier alpha value is -1.74. The molecule has 0 fully saturated rings. The Morgan fingerprint density at radius 2 is 1.63 bits per heavy atom. The van der Waals surface area contributed by atoms with Gasteiger partial charge in [0.2, 0.25) is 11.8 Å². The maximum atomic E-state index is 12.3. The van der Waals surface area contributed by atoms with Crippen molar-refractivity contribution < 1.29 is 31.1 Å². The van der Waals surface area contributed by atoms with Crippen molar-refractivity contribution in [1.82, 2.24) is 9.97 Å². The summed E-state index contributed by atoms with van der Waals surface area (Å²) < 4.78 is 77.6. The first-order chi connectivity index (χ1) is 8.54. The minimum absolute atomic E-state index is 0.141. The van der Waals surface area contributed by atoms with Crippen molar-refractivity contribution in [2.75, 3.05) is 12.4 Å². The van der Waals surface area contributed by atoms with Gasteiger partial charge in [-0.15, -0.1) is 0 Å². The lowest BCUT2D eigenvalue weighted by Crippen LogP contribution is -2.46. The molecular formula is C9H9F6N3O.